The molecule has 6 nitrogen and oxygen atoms in total. The first kappa shape index (κ1) is 25.0. The smallest absolute Gasteiger partial charge is 0.122 e. The lowest BCUT2D eigenvalue weighted by atomic mass is 9.88. The molecule has 1 aromatic carbocycles. The van der Waals surface area contributed by atoms with Crippen LogP contribution in [0.2, 0.25) is 0 Å². The van der Waals surface area contributed by atoms with E-state index in [1.807, 2.05) is 30.4 Å². The van der Waals surface area contributed by atoms with E-state index in [4.69, 9.17) is 19.7 Å². The third-order valence-electron chi connectivity index (χ3n) is 5.02. The molecule has 0 amide bonds. The van der Waals surface area contributed by atoms with Gasteiger partial charge in [0.05, 0.1) is 25.9 Å². The van der Waals surface area contributed by atoms with E-state index in [1.54, 1.807) is 6.08 Å². The Morgan fingerprint density at radius 1 is 1.03 bits per heavy atom. The predicted molar refractivity (Wildman–Crippen MR) is 121 cm³/mol. The Morgan fingerprint density at radius 3 is 2.45 bits per heavy atom. The maximum atomic E-state index is 9.55. The van der Waals surface area contributed by atoms with Crippen molar-refractivity contribution in [1.29, 1.82) is 0 Å². The van der Waals surface area contributed by atoms with Crippen LogP contribution in [0.4, 0.5) is 0 Å². The van der Waals surface area contributed by atoms with Gasteiger partial charge in [0.15, 0.2) is 0 Å². The number of benzene rings is 1. The Hall–Kier alpha value is -2.22. The highest BCUT2D eigenvalue weighted by atomic mass is 16.5. The van der Waals surface area contributed by atoms with Crippen LogP contribution in [-0.2, 0) is 17.6 Å². The molecule has 1 aliphatic rings. The summed E-state index contributed by atoms with van der Waals surface area (Å²) in [5, 5.41) is 37.0. The standard InChI is InChI=1S/C25H34O6/c1-3-5-20-12-18(7-9-24(20)30-16-22(28)14-26)11-19-8-10-25(21(13-19)6-4-2)31-17-23(29)15-27/h3-4,7-10,12-13,20,22-24,26-29H,1-2,5-6,11,14-17H2. The summed E-state index contributed by atoms with van der Waals surface area (Å²) in [5.41, 5.74) is 3.25. The van der Waals surface area contributed by atoms with E-state index in [0.29, 0.717) is 12.2 Å². The van der Waals surface area contributed by atoms with Gasteiger partial charge in [0, 0.05) is 5.92 Å². The minimum absolute atomic E-state index is 0.0312. The van der Waals surface area contributed by atoms with Gasteiger partial charge in [-0.15, -0.1) is 13.2 Å². The summed E-state index contributed by atoms with van der Waals surface area (Å²) in [7, 11) is 0. The first-order valence-electron chi connectivity index (χ1n) is 10.5. The molecule has 170 valence electrons. The van der Waals surface area contributed by atoms with Crippen LogP contribution < -0.4 is 4.74 Å². The van der Waals surface area contributed by atoms with E-state index in [9.17, 15) is 10.2 Å². The molecule has 1 aromatic rings. The highest BCUT2D eigenvalue weighted by Crippen LogP contribution is 2.28. The Bertz CT molecular complexity index is 769. The van der Waals surface area contributed by atoms with Gasteiger partial charge in [-0.3, -0.25) is 0 Å². The second kappa shape index (κ2) is 13.2. The number of rotatable bonds is 14. The summed E-state index contributed by atoms with van der Waals surface area (Å²) < 4.78 is 11.4. The van der Waals surface area contributed by atoms with Gasteiger partial charge in [-0.1, -0.05) is 42.5 Å². The first-order chi connectivity index (χ1) is 15.0. The van der Waals surface area contributed by atoms with Crippen molar-refractivity contribution in [3.05, 3.63) is 78.4 Å². The van der Waals surface area contributed by atoms with E-state index in [2.05, 4.69) is 25.3 Å². The molecule has 1 aliphatic carbocycles. The minimum atomic E-state index is -0.913. The van der Waals surface area contributed by atoms with Crippen molar-refractivity contribution >= 4 is 0 Å². The molecule has 0 heterocycles. The molecule has 0 saturated carbocycles. The second-order valence-electron chi connectivity index (χ2n) is 7.68. The molecule has 0 aliphatic heterocycles. The average Bonchev–Trinajstić information content (AvgIpc) is 2.78. The van der Waals surface area contributed by atoms with Gasteiger partial charge in [0.2, 0.25) is 0 Å². The zero-order chi connectivity index (χ0) is 22.6. The predicted octanol–water partition coefficient (Wildman–Crippen LogP) is 2.12. The van der Waals surface area contributed by atoms with Crippen molar-refractivity contribution in [1.82, 2.24) is 0 Å². The molecule has 6 heteroatoms. The van der Waals surface area contributed by atoms with Crippen LogP contribution in [-0.4, -0.2) is 65.2 Å². The van der Waals surface area contributed by atoms with Crippen LogP contribution in [0.5, 0.6) is 5.75 Å². The first-order valence-corrected chi connectivity index (χ1v) is 10.5. The number of hydrogen-bond donors (Lipinski definition) is 4. The Balaban J connectivity index is 2.09. The van der Waals surface area contributed by atoms with Crippen LogP contribution in [0.25, 0.3) is 0 Å². The number of hydrogen-bond acceptors (Lipinski definition) is 6. The average molecular weight is 431 g/mol. The zero-order valence-electron chi connectivity index (χ0n) is 17.9. The third-order valence-corrected chi connectivity index (χ3v) is 5.02. The molecule has 0 fully saturated rings. The highest BCUT2D eigenvalue weighted by Gasteiger charge is 2.22. The maximum Gasteiger partial charge on any atom is 0.122 e. The van der Waals surface area contributed by atoms with Crippen molar-refractivity contribution in [2.24, 2.45) is 5.92 Å². The Kier molecular flexibility index (Phi) is 10.7. The van der Waals surface area contributed by atoms with Crippen molar-refractivity contribution in [2.45, 2.75) is 37.6 Å². The Labute approximate surface area is 184 Å². The van der Waals surface area contributed by atoms with Gasteiger partial charge < -0.3 is 29.9 Å². The zero-order valence-corrected chi connectivity index (χ0v) is 17.9. The monoisotopic (exact) mass is 430 g/mol. The Morgan fingerprint density at radius 2 is 1.77 bits per heavy atom. The summed E-state index contributed by atoms with van der Waals surface area (Å²) >= 11 is 0. The van der Waals surface area contributed by atoms with Crippen LogP contribution >= 0.6 is 0 Å². The van der Waals surface area contributed by atoms with E-state index in [0.717, 1.165) is 29.5 Å². The molecular weight excluding hydrogens is 396 g/mol. The van der Waals surface area contributed by atoms with Crippen LogP contribution in [0.3, 0.4) is 0 Å². The molecule has 0 bridgehead atoms. The highest BCUT2D eigenvalue weighted by molar-refractivity contribution is 5.41. The summed E-state index contributed by atoms with van der Waals surface area (Å²) in [6.07, 6.45) is 10.0. The van der Waals surface area contributed by atoms with E-state index < -0.39 is 12.2 Å². The summed E-state index contributed by atoms with van der Waals surface area (Å²) in [4.78, 5) is 0. The van der Waals surface area contributed by atoms with Gasteiger partial charge >= 0.3 is 0 Å². The topological polar surface area (TPSA) is 99.4 Å². The van der Waals surface area contributed by atoms with Crippen molar-refractivity contribution in [3.8, 4) is 5.75 Å². The van der Waals surface area contributed by atoms with Gasteiger partial charge in [-0.05, 0) is 42.0 Å². The van der Waals surface area contributed by atoms with Gasteiger partial charge in [0.1, 0.15) is 24.6 Å². The summed E-state index contributed by atoms with van der Waals surface area (Å²) in [5.74, 6) is 0.781. The van der Waals surface area contributed by atoms with Gasteiger partial charge in [0.25, 0.3) is 0 Å². The van der Waals surface area contributed by atoms with Crippen LogP contribution in [0, 0.1) is 5.92 Å². The van der Waals surface area contributed by atoms with Crippen molar-refractivity contribution in [3.63, 3.8) is 0 Å². The van der Waals surface area contributed by atoms with Crippen molar-refractivity contribution in [2.75, 3.05) is 26.4 Å². The minimum Gasteiger partial charge on any atom is -0.491 e. The fourth-order valence-electron chi connectivity index (χ4n) is 3.43. The largest absolute Gasteiger partial charge is 0.491 e. The lowest BCUT2D eigenvalue weighted by Crippen LogP contribution is -2.29. The molecule has 0 saturated heterocycles. The molecule has 4 atom stereocenters. The molecule has 4 N–H and O–H groups in total. The SMILES string of the molecule is C=CCc1cc(CC2=CC(CC=C)C(OCC(O)CO)C=C2)ccc1OCC(O)CO. The molecule has 0 aromatic heterocycles. The maximum absolute atomic E-state index is 9.55. The van der Waals surface area contributed by atoms with E-state index in [-0.39, 0.29) is 38.4 Å². The van der Waals surface area contributed by atoms with Gasteiger partial charge in [-0.25, -0.2) is 0 Å². The molecule has 2 rings (SSSR count). The molecular formula is C25H34O6. The number of ether oxygens (including phenoxy) is 2. The van der Waals surface area contributed by atoms with Crippen LogP contribution in [0.1, 0.15) is 17.5 Å². The fraction of sp³-hybridized carbons (Fsp3) is 0.440. The third kappa shape index (κ3) is 8.09. The normalized spacial score (nSPS) is 20.1. The van der Waals surface area contributed by atoms with Gasteiger partial charge in [-0.2, -0.15) is 0 Å². The van der Waals surface area contributed by atoms with Crippen molar-refractivity contribution < 1.29 is 29.9 Å². The number of aliphatic hydroxyl groups is 4. The quantitative estimate of drug-likeness (QED) is 0.338. The lowest BCUT2D eigenvalue weighted by molar-refractivity contribution is -0.0252. The number of aliphatic hydroxyl groups excluding tert-OH is 4. The lowest BCUT2D eigenvalue weighted by Gasteiger charge is -2.26. The van der Waals surface area contributed by atoms with Crippen LogP contribution in [0.15, 0.2) is 67.3 Å². The van der Waals surface area contributed by atoms with E-state index in [1.165, 1.54) is 0 Å². The molecule has 31 heavy (non-hydrogen) atoms. The molecule has 0 spiro atoms. The second-order valence-corrected chi connectivity index (χ2v) is 7.68. The van der Waals surface area contributed by atoms with E-state index >= 15 is 0 Å². The summed E-state index contributed by atoms with van der Waals surface area (Å²) in [6, 6.07) is 5.94. The molecule has 0 radical (unpaired) electrons. The fourth-order valence-corrected chi connectivity index (χ4v) is 3.43. The molecule has 4 unspecified atom stereocenters. The number of allylic oxidation sites excluding steroid dienone is 4. The summed E-state index contributed by atoms with van der Waals surface area (Å²) in [6.45, 7) is 7.08.